The van der Waals surface area contributed by atoms with E-state index in [0.717, 1.165) is 25.0 Å². The second-order valence-electron chi connectivity index (χ2n) is 8.24. The molecular formula is C26H28N2O6S. The molecule has 1 amide bonds. The molecule has 0 spiro atoms. The number of ether oxygens (including phenoxy) is 3. The summed E-state index contributed by atoms with van der Waals surface area (Å²) in [7, 11) is -2.32. The molecule has 1 atom stereocenters. The van der Waals surface area contributed by atoms with Crippen LogP contribution in [0.3, 0.4) is 0 Å². The zero-order chi connectivity index (χ0) is 24.8. The van der Waals surface area contributed by atoms with E-state index in [4.69, 9.17) is 14.2 Å². The maximum absolute atomic E-state index is 12.9. The monoisotopic (exact) mass is 496 g/mol. The second-order valence-corrected chi connectivity index (χ2v) is 9.92. The van der Waals surface area contributed by atoms with Crippen LogP contribution in [0.2, 0.25) is 0 Å². The van der Waals surface area contributed by atoms with Crippen molar-refractivity contribution in [1.82, 2.24) is 0 Å². The molecule has 0 radical (unpaired) electrons. The Kier molecular flexibility index (Phi) is 7.57. The molecule has 1 aliphatic rings. The summed E-state index contributed by atoms with van der Waals surface area (Å²) in [6.45, 7) is 3.05. The largest absolute Gasteiger partial charge is 0.497 e. The molecule has 0 aliphatic carbocycles. The summed E-state index contributed by atoms with van der Waals surface area (Å²) in [5.41, 5.74) is 1.97. The van der Waals surface area contributed by atoms with Crippen LogP contribution in [0.4, 0.5) is 11.4 Å². The fourth-order valence-corrected chi connectivity index (χ4v) is 4.72. The first-order valence-corrected chi connectivity index (χ1v) is 12.8. The van der Waals surface area contributed by atoms with Gasteiger partial charge in [0.1, 0.15) is 18.1 Å². The van der Waals surface area contributed by atoms with Crippen LogP contribution in [0.15, 0.2) is 71.6 Å². The van der Waals surface area contributed by atoms with Gasteiger partial charge in [0.25, 0.3) is 15.9 Å². The summed E-state index contributed by atoms with van der Waals surface area (Å²) in [5, 5.41) is 2.81. The lowest BCUT2D eigenvalue weighted by molar-refractivity contribution is 0.0679. The molecule has 1 heterocycles. The van der Waals surface area contributed by atoms with Gasteiger partial charge in [-0.25, -0.2) is 8.42 Å². The molecule has 3 aromatic carbocycles. The number of benzene rings is 3. The molecule has 1 aliphatic heterocycles. The lowest BCUT2D eigenvalue weighted by Crippen LogP contribution is -2.17. The SMILES string of the molecule is COc1ccc(NS(=O)(=O)c2ccc(C)c(NC(=O)c3ccc(OC[C@H]4CCCO4)cc3)c2)cc1. The van der Waals surface area contributed by atoms with Crippen LogP contribution < -0.4 is 19.5 Å². The molecule has 2 N–H and O–H groups in total. The Bertz CT molecular complexity index is 1270. The Morgan fingerprint density at radius 1 is 1.03 bits per heavy atom. The van der Waals surface area contributed by atoms with E-state index in [9.17, 15) is 13.2 Å². The van der Waals surface area contributed by atoms with Crippen molar-refractivity contribution in [3.8, 4) is 11.5 Å². The third-order valence-electron chi connectivity index (χ3n) is 5.69. The molecule has 9 heteroatoms. The van der Waals surface area contributed by atoms with Gasteiger partial charge in [-0.15, -0.1) is 0 Å². The predicted octanol–water partition coefficient (Wildman–Crippen LogP) is 4.61. The van der Waals surface area contributed by atoms with Crippen LogP contribution >= 0.6 is 0 Å². The van der Waals surface area contributed by atoms with Crippen molar-refractivity contribution in [3.63, 3.8) is 0 Å². The lowest BCUT2D eigenvalue weighted by Gasteiger charge is -2.13. The highest BCUT2D eigenvalue weighted by Crippen LogP contribution is 2.24. The Morgan fingerprint density at radius 2 is 1.74 bits per heavy atom. The summed E-state index contributed by atoms with van der Waals surface area (Å²) in [5.74, 6) is 0.929. The fraction of sp³-hybridized carbons (Fsp3) is 0.269. The van der Waals surface area contributed by atoms with Gasteiger partial charge >= 0.3 is 0 Å². The lowest BCUT2D eigenvalue weighted by atomic mass is 10.1. The van der Waals surface area contributed by atoms with Crippen LogP contribution in [-0.2, 0) is 14.8 Å². The molecule has 1 saturated heterocycles. The van der Waals surface area contributed by atoms with E-state index in [0.29, 0.717) is 35.0 Å². The van der Waals surface area contributed by atoms with Gasteiger partial charge in [-0.05, 0) is 86.0 Å². The molecule has 1 fully saturated rings. The molecule has 35 heavy (non-hydrogen) atoms. The minimum Gasteiger partial charge on any atom is -0.497 e. The fourth-order valence-electron chi connectivity index (χ4n) is 3.64. The van der Waals surface area contributed by atoms with Crippen molar-refractivity contribution in [2.75, 3.05) is 30.4 Å². The maximum Gasteiger partial charge on any atom is 0.261 e. The number of aryl methyl sites for hydroxylation is 1. The van der Waals surface area contributed by atoms with Crippen molar-refractivity contribution in [3.05, 3.63) is 77.9 Å². The Hall–Kier alpha value is -3.56. The number of rotatable bonds is 9. The average molecular weight is 497 g/mol. The van der Waals surface area contributed by atoms with E-state index in [1.807, 2.05) is 0 Å². The molecule has 8 nitrogen and oxygen atoms in total. The second kappa shape index (κ2) is 10.8. The van der Waals surface area contributed by atoms with E-state index in [1.165, 1.54) is 19.2 Å². The first kappa shape index (κ1) is 24.6. The molecule has 0 unspecified atom stereocenters. The Balaban J connectivity index is 1.42. The molecule has 0 bridgehead atoms. The quantitative estimate of drug-likeness (QED) is 0.448. The van der Waals surface area contributed by atoms with Crippen molar-refractivity contribution in [2.24, 2.45) is 0 Å². The molecular weight excluding hydrogens is 468 g/mol. The summed E-state index contributed by atoms with van der Waals surface area (Å²) >= 11 is 0. The zero-order valence-corrected chi connectivity index (χ0v) is 20.4. The number of methoxy groups -OCH3 is 1. The molecule has 0 saturated carbocycles. The van der Waals surface area contributed by atoms with E-state index in [-0.39, 0.29) is 16.9 Å². The number of carbonyl (C=O) groups excluding carboxylic acids is 1. The van der Waals surface area contributed by atoms with Crippen molar-refractivity contribution < 1.29 is 27.4 Å². The van der Waals surface area contributed by atoms with Crippen LogP contribution in [-0.4, -0.2) is 40.8 Å². The highest BCUT2D eigenvalue weighted by atomic mass is 32.2. The highest BCUT2D eigenvalue weighted by molar-refractivity contribution is 7.92. The molecule has 3 aromatic rings. The number of nitrogens with one attached hydrogen (secondary N) is 2. The van der Waals surface area contributed by atoms with Gasteiger partial charge in [0, 0.05) is 23.5 Å². The third kappa shape index (κ3) is 6.32. The van der Waals surface area contributed by atoms with Crippen molar-refractivity contribution >= 4 is 27.3 Å². The van der Waals surface area contributed by atoms with Gasteiger partial charge in [0.05, 0.1) is 18.1 Å². The number of anilines is 2. The normalized spacial score (nSPS) is 15.4. The molecule has 0 aromatic heterocycles. The number of carbonyl (C=O) groups is 1. The third-order valence-corrected chi connectivity index (χ3v) is 7.07. The van der Waals surface area contributed by atoms with Crippen LogP contribution in [0.5, 0.6) is 11.5 Å². The van der Waals surface area contributed by atoms with Crippen LogP contribution in [0.25, 0.3) is 0 Å². The van der Waals surface area contributed by atoms with E-state index < -0.39 is 10.0 Å². The van der Waals surface area contributed by atoms with Gasteiger partial charge in [0.15, 0.2) is 0 Å². The van der Waals surface area contributed by atoms with Gasteiger partial charge < -0.3 is 19.5 Å². The predicted molar refractivity (Wildman–Crippen MR) is 134 cm³/mol. The van der Waals surface area contributed by atoms with Crippen LogP contribution in [0, 0.1) is 6.92 Å². The number of hydrogen-bond acceptors (Lipinski definition) is 6. The highest BCUT2D eigenvalue weighted by Gasteiger charge is 2.18. The summed E-state index contributed by atoms with van der Waals surface area (Å²) < 4.78 is 44.7. The van der Waals surface area contributed by atoms with Crippen molar-refractivity contribution in [2.45, 2.75) is 30.8 Å². The summed E-state index contributed by atoms with van der Waals surface area (Å²) in [6, 6.07) is 17.9. The average Bonchev–Trinajstić information content (AvgIpc) is 3.38. The topological polar surface area (TPSA) is 103 Å². The van der Waals surface area contributed by atoms with Crippen LogP contribution in [0.1, 0.15) is 28.8 Å². The standard InChI is InChI=1S/C26H28N2O6S/c1-18-5-14-24(35(30,31)28-20-8-12-21(32-2)13-9-20)16-25(18)27-26(29)19-6-10-22(11-7-19)34-17-23-4-3-15-33-23/h5-14,16,23,28H,3-4,15,17H2,1-2H3,(H,27,29)/t23-/m1/s1. The minimum absolute atomic E-state index is 0.0343. The molecule has 184 valence electrons. The Morgan fingerprint density at radius 3 is 2.40 bits per heavy atom. The summed E-state index contributed by atoms with van der Waals surface area (Å²) in [6.07, 6.45) is 2.15. The van der Waals surface area contributed by atoms with Crippen molar-refractivity contribution in [1.29, 1.82) is 0 Å². The first-order valence-electron chi connectivity index (χ1n) is 11.3. The summed E-state index contributed by atoms with van der Waals surface area (Å²) in [4.78, 5) is 12.8. The molecule has 4 rings (SSSR count). The minimum atomic E-state index is -3.86. The van der Waals surface area contributed by atoms with Gasteiger partial charge in [-0.2, -0.15) is 0 Å². The number of hydrogen-bond donors (Lipinski definition) is 2. The van der Waals surface area contributed by atoms with E-state index in [2.05, 4.69) is 10.0 Å². The zero-order valence-electron chi connectivity index (χ0n) is 19.6. The number of amides is 1. The smallest absolute Gasteiger partial charge is 0.261 e. The number of sulfonamides is 1. The van der Waals surface area contributed by atoms with E-state index >= 15 is 0 Å². The van der Waals surface area contributed by atoms with Gasteiger partial charge in [-0.1, -0.05) is 6.07 Å². The van der Waals surface area contributed by atoms with Gasteiger partial charge in [0.2, 0.25) is 0 Å². The Labute approximate surface area is 205 Å². The van der Waals surface area contributed by atoms with E-state index in [1.54, 1.807) is 61.5 Å². The first-order chi connectivity index (χ1) is 16.8. The maximum atomic E-state index is 12.9. The van der Waals surface area contributed by atoms with Gasteiger partial charge in [-0.3, -0.25) is 9.52 Å².